The predicted molar refractivity (Wildman–Crippen MR) is 91.2 cm³/mol. The molecule has 3 unspecified atom stereocenters. The molecule has 1 aliphatic carbocycles. The van der Waals surface area contributed by atoms with E-state index in [0.29, 0.717) is 12.6 Å². The molecule has 1 aromatic rings. The van der Waals surface area contributed by atoms with Crippen LogP contribution in [0.4, 0.5) is 0 Å². The number of aliphatic hydroxyl groups is 1. The van der Waals surface area contributed by atoms with E-state index in [1.54, 1.807) is 30.3 Å². The van der Waals surface area contributed by atoms with Gasteiger partial charge in [0.05, 0.1) is 29.8 Å². The van der Waals surface area contributed by atoms with E-state index in [1.165, 1.54) is 19.3 Å². The summed E-state index contributed by atoms with van der Waals surface area (Å²) in [7, 11) is -3.58. The summed E-state index contributed by atoms with van der Waals surface area (Å²) in [5, 5.41) is 13.9. The molecule has 3 N–H and O–H groups in total. The highest BCUT2D eigenvalue weighted by Crippen LogP contribution is 2.21. The molecule has 1 aliphatic heterocycles. The highest BCUT2D eigenvalue weighted by atomic mass is 32.2. The third-order valence-corrected chi connectivity index (χ3v) is 6.31. The first-order valence-electron chi connectivity index (χ1n) is 8.67. The Balaban J connectivity index is 1.51. The van der Waals surface area contributed by atoms with Crippen LogP contribution in [0.2, 0.25) is 0 Å². The third kappa shape index (κ3) is 4.34. The molecular formula is C17H26N2O4S. The maximum Gasteiger partial charge on any atom is 0.240 e. The molecule has 1 heterocycles. The number of hydrogen-bond donors (Lipinski definition) is 3. The standard InChI is InChI=1S/C17H26N2O4S/c20-17-15(19-13-7-3-1-4-8-13)12-23-16(17)11-18-24(21,22)14-9-5-2-6-10-14/h2,5-6,9-10,13,15-20H,1,3-4,7-8,11-12H2. The number of hydrogen-bond acceptors (Lipinski definition) is 5. The molecule has 1 saturated carbocycles. The van der Waals surface area contributed by atoms with Crippen LogP contribution in [0.25, 0.3) is 0 Å². The molecule has 0 spiro atoms. The summed E-state index contributed by atoms with van der Waals surface area (Å²) in [6, 6.07) is 8.52. The molecule has 1 saturated heterocycles. The SMILES string of the molecule is O=S(=O)(NCC1OCC(NC2CCCCC2)C1O)c1ccccc1. The van der Waals surface area contributed by atoms with Crippen LogP contribution in [0.5, 0.6) is 0 Å². The Bertz CT molecular complexity index is 617. The second kappa shape index (κ2) is 7.93. The summed E-state index contributed by atoms with van der Waals surface area (Å²) in [5.74, 6) is 0. The Morgan fingerprint density at radius 2 is 1.83 bits per heavy atom. The van der Waals surface area contributed by atoms with E-state index in [9.17, 15) is 13.5 Å². The minimum Gasteiger partial charge on any atom is -0.389 e. The Labute approximate surface area is 143 Å². The molecule has 0 radical (unpaired) electrons. The number of rotatable bonds is 6. The van der Waals surface area contributed by atoms with Crippen LogP contribution in [-0.2, 0) is 14.8 Å². The zero-order chi connectivity index (χ0) is 17.0. The molecule has 1 aromatic carbocycles. The van der Waals surface area contributed by atoms with Crippen LogP contribution >= 0.6 is 0 Å². The van der Waals surface area contributed by atoms with Crippen LogP contribution < -0.4 is 10.0 Å². The largest absolute Gasteiger partial charge is 0.389 e. The van der Waals surface area contributed by atoms with Crippen molar-refractivity contribution in [2.45, 2.75) is 61.3 Å². The van der Waals surface area contributed by atoms with Gasteiger partial charge in [-0.15, -0.1) is 0 Å². The van der Waals surface area contributed by atoms with Gasteiger partial charge < -0.3 is 15.2 Å². The summed E-state index contributed by atoms with van der Waals surface area (Å²) in [5.41, 5.74) is 0. The molecular weight excluding hydrogens is 328 g/mol. The van der Waals surface area contributed by atoms with E-state index in [1.807, 2.05) is 0 Å². The monoisotopic (exact) mass is 354 g/mol. The van der Waals surface area contributed by atoms with Gasteiger partial charge in [-0.1, -0.05) is 37.5 Å². The Morgan fingerprint density at radius 1 is 1.12 bits per heavy atom. The molecule has 3 rings (SSSR count). The van der Waals surface area contributed by atoms with E-state index in [2.05, 4.69) is 10.0 Å². The van der Waals surface area contributed by atoms with E-state index in [-0.39, 0.29) is 17.5 Å². The molecule has 3 atom stereocenters. The van der Waals surface area contributed by atoms with Crippen molar-refractivity contribution in [3.63, 3.8) is 0 Å². The molecule has 6 nitrogen and oxygen atoms in total. The first kappa shape index (κ1) is 17.8. The lowest BCUT2D eigenvalue weighted by Crippen LogP contribution is -2.48. The molecule has 24 heavy (non-hydrogen) atoms. The number of ether oxygens (including phenoxy) is 1. The van der Waals surface area contributed by atoms with Crippen LogP contribution in [0.3, 0.4) is 0 Å². The van der Waals surface area contributed by atoms with Gasteiger partial charge >= 0.3 is 0 Å². The predicted octanol–water partition coefficient (Wildman–Crippen LogP) is 1.02. The van der Waals surface area contributed by atoms with E-state index >= 15 is 0 Å². The normalized spacial score (nSPS) is 29.0. The zero-order valence-corrected chi connectivity index (χ0v) is 14.5. The van der Waals surface area contributed by atoms with Gasteiger partial charge in [0.2, 0.25) is 10.0 Å². The van der Waals surface area contributed by atoms with Gasteiger partial charge in [-0.3, -0.25) is 0 Å². The van der Waals surface area contributed by atoms with Crippen LogP contribution in [0.15, 0.2) is 35.2 Å². The van der Waals surface area contributed by atoms with Crippen molar-refractivity contribution in [2.24, 2.45) is 0 Å². The van der Waals surface area contributed by atoms with Crippen molar-refractivity contribution < 1.29 is 18.3 Å². The first-order chi connectivity index (χ1) is 11.6. The minimum atomic E-state index is -3.58. The number of aliphatic hydroxyl groups excluding tert-OH is 1. The van der Waals surface area contributed by atoms with E-state index in [4.69, 9.17) is 4.74 Å². The number of benzene rings is 1. The average Bonchev–Trinajstić information content (AvgIpc) is 2.95. The van der Waals surface area contributed by atoms with Gasteiger partial charge in [0.15, 0.2) is 0 Å². The first-order valence-corrected chi connectivity index (χ1v) is 10.1. The minimum absolute atomic E-state index is 0.0707. The van der Waals surface area contributed by atoms with Gasteiger partial charge in [0.1, 0.15) is 0 Å². The van der Waals surface area contributed by atoms with Gasteiger partial charge in [-0.25, -0.2) is 13.1 Å². The van der Waals surface area contributed by atoms with Crippen LogP contribution in [0, 0.1) is 0 Å². The molecule has 0 aromatic heterocycles. The van der Waals surface area contributed by atoms with Crippen LogP contribution in [0.1, 0.15) is 32.1 Å². The quantitative estimate of drug-likeness (QED) is 0.710. The Morgan fingerprint density at radius 3 is 2.54 bits per heavy atom. The van der Waals surface area contributed by atoms with Crippen LogP contribution in [-0.4, -0.2) is 51.0 Å². The molecule has 2 fully saturated rings. The molecule has 2 aliphatic rings. The van der Waals surface area contributed by atoms with Crippen molar-refractivity contribution >= 4 is 10.0 Å². The third-order valence-electron chi connectivity index (χ3n) is 4.87. The number of sulfonamides is 1. The molecule has 7 heteroatoms. The Kier molecular flexibility index (Phi) is 5.89. The summed E-state index contributed by atoms with van der Waals surface area (Å²) in [4.78, 5) is 0.217. The lowest BCUT2D eigenvalue weighted by Gasteiger charge is -2.27. The van der Waals surface area contributed by atoms with Crippen molar-refractivity contribution in [1.29, 1.82) is 0 Å². The molecule has 0 bridgehead atoms. The lowest BCUT2D eigenvalue weighted by atomic mass is 9.94. The molecule has 134 valence electrons. The van der Waals surface area contributed by atoms with Gasteiger partial charge in [0, 0.05) is 12.6 Å². The zero-order valence-electron chi connectivity index (χ0n) is 13.7. The fourth-order valence-corrected chi connectivity index (χ4v) is 4.52. The summed E-state index contributed by atoms with van der Waals surface area (Å²) >= 11 is 0. The maximum absolute atomic E-state index is 12.2. The van der Waals surface area contributed by atoms with Crippen molar-refractivity contribution in [3.8, 4) is 0 Å². The van der Waals surface area contributed by atoms with Crippen molar-refractivity contribution in [3.05, 3.63) is 30.3 Å². The Hall–Kier alpha value is -0.990. The second-order valence-corrected chi connectivity index (χ2v) is 8.40. The average molecular weight is 354 g/mol. The molecule has 0 amide bonds. The van der Waals surface area contributed by atoms with Gasteiger partial charge in [0.25, 0.3) is 0 Å². The summed E-state index contributed by atoms with van der Waals surface area (Å²) in [6.07, 6.45) is 4.77. The summed E-state index contributed by atoms with van der Waals surface area (Å²) in [6.45, 7) is 0.483. The topological polar surface area (TPSA) is 87.7 Å². The lowest BCUT2D eigenvalue weighted by molar-refractivity contribution is 0.0438. The van der Waals surface area contributed by atoms with E-state index < -0.39 is 22.2 Å². The maximum atomic E-state index is 12.2. The van der Waals surface area contributed by atoms with Crippen molar-refractivity contribution in [2.75, 3.05) is 13.2 Å². The highest BCUT2D eigenvalue weighted by Gasteiger charge is 2.37. The fourth-order valence-electron chi connectivity index (χ4n) is 3.46. The van der Waals surface area contributed by atoms with Gasteiger partial charge in [-0.05, 0) is 25.0 Å². The van der Waals surface area contributed by atoms with E-state index in [0.717, 1.165) is 12.8 Å². The smallest absolute Gasteiger partial charge is 0.240 e. The highest BCUT2D eigenvalue weighted by molar-refractivity contribution is 7.89. The summed E-state index contributed by atoms with van der Waals surface area (Å²) < 4.78 is 32.6. The second-order valence-electron chi connectivity index (χ2n) is 6.64. The number of nitrogens with one attached hydrogen (secondary N) is 2. The van der Waals surface area contributed by atoms with Crippen molar-refractivity contribution in [1.82, 2.24) is 10.0 Å². The fraction of sp³-hybridized carbons (Fsp3) is 0.647. The van der Waals surface area contributed by atoms with Gasteiger partial charge in [-0.2, -0.15) is 0 Å².